The van der Waals surface area contributed by atoms with E-state index in [1.54, 1.807) is 17.1 Å². The largest absolute Gasteiger partial charge is 0.350 e. The molecule has 0 radical (unpaired) electrons. The maximum Gasteiger partial charge on any atom is 0.270 e. The smallest absolute Gasteiger partial charge is 0.270 e. The van der Waals surface area contributed by atoms with Gasteiger partial charge in [-0.05, 0) is 6.26 Å². The Hall–Kier alpha value is -0.300. The molecule has 1 aromatic heterocycles. The van der Waals surface area contributed by atoms with Crippen LogP contribution in [0.5, 0.6) is 0 Å². The highest BCUT2D eigenvalue weighted by atomic mass is 35.5. The zero-order chi connectivity index (χ0) is 11.3. The second-order valence-corrected chi connectivity index (χ2v) is 5.31. The van der Waals surface area contributed by atoms with E-state index in [-0.39, 0.29) is 18.3 Å². The van der Waals surface area contributed by atoms with Gasteiger partial charge in [0.25, 0.3) is 5.91 Å². The molecule has 4 nitrogen and oxygen atoms in total. The number of amides is 1. The number of hydrogen-bond acceptors (Lipinski definition) is 5. The van der Waals surface area contributed by atoms with E-state index in [0.29, 0.717) is 24.0 Å². The Kier molecular flexibility index (Phi) is 7.74. The summed E-state index contributed by atoms with van der Waals surface area (Å²) in [5.74, 6) is -0.119. The highest BCUT2D eigenvalue weighted by molar-refractivity contribution is 7.99. The lowest BCUT2D eigenvalue weighted by Gasteiger charge is -2.08. The van der Waals surface area contributed by atoms with Gasteiger partial charge in [0.1, 0.15) is 10.7 Å². The van der Waals surface area contributed by atoms with Crippen LogP contribution in [0.4, 0.5) is 0 Å². The quantitative estimate of drug-likeness (QED) is 0.858. The van der Waals surface area contributed by atoms with E-state index < -0.39 is 0 Å². The van der Waals surface area contributed by atoms with Crippen LogP contribution < -0.4 is 11.1 Å². The van der Waals surface area contributed by atoms with E-state index in [1.807, 2.05) is 6.26 Å². The second kappa shape index (κ2) is 7.89. The first-order valence-corrected chi connectivity index (χ1v) is 6.79. The number of rotatable bonds is 5. The zero-order valence-electron chi connectivity index (χ0n) is 9.23. The fourth-order valence-electron chi connectivity index (χ4n) is 0.919. The van der Waals surface area contributed by atoms with E-state index in [4.69, 9.17) is 5.73 Å². The molecule has 92 valence electrons. The van der Waals surface area contributed by atoms with Gasteiger partial charge in [-0.2, -0.15) is 11.8 Å². The number of thiazole rings is 1. The Morgan fingerprint density at radius 3 is 2.94 bits per heavy atom. The fourth-order valence-corrected chi connectivity index (χ4v) is 1.82. The number of hydrogen-bond donors (Lipinski definition) is 2. The Labute approximate surface area is 110 Å². The molecule has 0 saturated heterocycles. The van der Waals surface area contributed by atoms with Crippen molar-refractivity contribution in [3.63, 3.8) is 0 Å². The number of aromatic nitrogens is 1. The average Bonchev–Trinajstić information content (AvgIpc) is 2.73. The van der Waals surface area contributed by atoms with Crippen molar-refractivity contribution in [2.75, 3.05) is 12.8 Å². The van der Waals surface area contributed by atoms with Crippen molar-refractivity contribution < 1.29 is 4.79 Å². The maximum atomic E-state index is 11.6. The molecule has 1 heterocycles. The van der Waals surface area contributed by atoms with Crippen LogP contribution in [0.15, 0.2) is 5.38 Å². The first-order valence-electron chi connectivity index (χ1n) is 4.62. The minimum Gasteiger partial charge on any atom is -0.350 e. The third kappa shape index (κ3) is 4.69. The monoisotopic (exact) mass is 281 g/mol. The molecule has 0 aliphatic heterocycles. The van der Waals surface area contributed by atoms with E-state index >= 15 is 0 Å². The van der Waals surface area contributed by atoms with Crippen LogP contribution in [0.1, 0.15) is 22.4 Å². The predicted molar refractivity (Wildman–Crippen MR) is 72.6 cm³/mol. The number of halogens is 1. The minimum atomic E-state index is -0.119. The van der Waals surface area contributed by atoms with E-state index in [0.717, 1.165) is 5.01 Å². The predicted octanol–water partition coefficient (Wildman–Crippen LogP) is 1.50. The van der Waals surface area contributed by atoms with Gasteiger partial charge in [0.15, 0.2) is 0 Å². The first kappa shape index (κ1) is 15.7. The maximum absolute atomic E-state index is 11.6. The summed E-state index contributed by atoms with van der Waals surface area (Å²) in [6, 6.07) is 0. The Balaban J connectivity index is 0.00000225. The number of carbonyl (C=O) groups excluding carboxylic acids is 1. The highest BCUT2D eigenvalue weighted by Crippen LogP contribution is 2.09. The van der Waals surface area contributed by atoms with Crippen LogP contribution in [0, 0.1) is 0 Å². The molecule has 3 N–H and O–H groups in total. The van der Waals surface area contributed by atoms with Crippen molar-refractivity contribution in [1.29, 1.82) is 0 Å². The summed E-state index contributed by atoms with van der Waals surface area (Å²) >= 11 is 3.13. The molecule has 0 saturated carbocycles. The van der Waals surface area contributed by atoms with Gasteiger partial charge in [0.2, 0.25) is 0 Å². The second-order valence-electron chi connectivity index (χ2n) is 3.09. The molecule has 0 aliphatic carbocycles. The molecule has 0 bridgehead atoms. The van der Waals surface area contributed by atoms with Crippen molar-refractivity contribution in [2.24, 2.45) is 5.73 Å². The van der Waals surface area contributed by atoms with Crippen molar-refractivity contribution in [3.05, 3.63) is 16.1 Å². The van der Waals surface area contributed by atoms with Crippen molar-refractivity contribution >= 4 is 41.4 Å². The van der Waals surface area contributed by atoms with Gasteiger partial charge >= 0.3 is 0 Å². The molecule has 1 rings (SSSR count). The number of nitrogens with two attached hydrogens (primary N) is 1. The number of nitrogens with one attached hydrogen (secondary N) is 1. The number of nitrogens with zero attached hydrogens (tertiary/aromatic N) is 1. The summed E-state index contributed by atoms with van der Waals surface area (Å²) in [7, 11) is 0. The normalized spacial score (nSPS) is 11.7. The molecular formula is C9H16ClN3OS2. The Morgan fingerprint density at radius 2 is 2.44 bits per heavy atom. The third-order valence-electron chi connectivity index (χ3n) is 1.91. The molecule has 1 aromatic rings. The summed E-state index contributed by atoms with van der Waals surface area (Å²) in [5.41, 5.74) is 5.89. The summed E-state index contributed by atoms with van der Waals surface area (Å²) in [5, 5.41) is 5.78. The molecule has 0 aliphatic rings. The summed E-state index contributed by atoms with van der Waals surface area (Å²) in [6.07, 6.45) is 2.02. The standard InChI is InChI=1S/C9H15N3OS2.ClH/c1-6(14-2)4-11-9(13)7-5-15-8(3-10)12-7;/h5-6H,3-4,10H2,1-2H3,(H,11,13);1H. The minimum absolute atomic E-state index is 0. The molecule has 1 unspecified atom stereocenters. The Bertz CT molecular complexity index is 332. The zero-order valence-corrected chi connectivity index (χ0v) is 11.7. The van der Waals surface area contributed by atoms with Gasteiger partial charge in [0.05, 0.1) is 0 Å². The third-order valence-corrected chi connectivity index (χ3v) is 3.75. The molecular weight excluding hydrogens is 266 g/mol. The van der Waals surface area contributed by atoms with Crippen LogP contribution in [-0.4, -0.2) is 28.9 Å². The van der Waals surface area contributed by atoms with Gasteiger partial charge < -0.3 is 11.1 Å². The van der Waals surface area contributed by atoms with Crippen LogP contribution >= 0.6 is 35.5 Å². The van der Waals surface area contributed by atoms with Crippen molar-refractivity contribution in [3.8, 4) is 0 Å². The van der Waals surface area contributed by atoms with E-state index in [1.165, 1.54) is 11.3 Å². The van der Waals surface area contributed by atoms with Gasteiger partial charge in [-0.1, -0.05) is 6.92 Å². The fraction of sp³-hybridized carbons (Fsp3) is 0.556. The molecule has 7 heteroatoms. The van der Waals surface area contributed by atoms with E-state index in [2.05, 4.69) is 17.2 Å². The van der Waals surface area contributed by atoms with Crippen molar-refractivity contribution in [2.45, 2.75) is 18.7 Å². The molecule has 16 heavy (non-hydrogen) atoms. The van der Waals surface area contributed by atoms with Gasteiger partial charge in [0, 0.05) is 23.7 Å². The SMILES string of the molecule is CSC(C)CNC(=O)c1csc(CN)n1.Cl. The van der Waals surface area contributed by atoms with Gasteiger partial charge in [-0.15, -0.1) is 23.7 Å². The van der Waals surface area contributed by atoms with Crippen LogP contribution in [0.3, 0.4) is 0 Å². The molecule has 0 fully saturated rings. The molecule has 0 aromatic carbocycles. The van der Waals surface area contributed by atoms with Crippen molar-refractivity contribution in [1.82, 2.24) is 10.3 Å². The molecule has 0 spiro atoms. The Morgan fingerprint density at radius 1 is 1.75 bits per heavy atom. The molecule has 1 amide bonds. The number of thioether (sulfide) groups is 1. The van der Waals surface area contributed by atoms with Crippen LogP contribution in [-0.2, 0) is 6.54 Å². The summed E-state index contributed by atoms with van der Waals surface area (Å²) in [6.45, 7) is 3.12. The van der Waals surface area contributed by atoms with Gasteiger partial charge in [-0.25, -0.2) is 4.98 Å². The first-order chi connectivity index (χ1) is 7.17. The van der Waals surface area contributed by atoms with E-state index in [9.17, 15) is 4.79 Å². The number of carbonyl (C=O) groups is 1. The summed E-state index contributed by atoms with van der Waals surface area (Å²) < 4.78 is 0. The van der Waals surface area contributed by atoms with Gasteiger partial charge in [-0.3, -0.25) is 4.79 Å². The topological polar surface area (TPSA) is 68.0 Å². The molecule has 1 atom stereocenters. The van der Waals surface area contributed by atoms with Crippen LogP contribution in [0.25, 0.3) is 0 Å². The summed E-state index contributed by atoms with van der Waals surface area (Å²) in [4.78, 5) is 15.7. The lowest BCUT2D eigenvalue weighted by atomic mass is 10.4. The lowest BCUT2D eigenvalue weighted by Crippen LogP contribution is -2.29. The highest BCUT2D eigenvalue weighted by Gasteiger charge is 2.10. The average molecular weight is 282 g/mol. The van der Waals surface area contributed by atoms with Crippen LogP contribution in [0.2, 0.25) is 0 Å². The lowest BCUT2D eigenvalue weighted by molar-refractivity contribution is 0.0949.